The summed E-state index contributed by atoms with van der Waals surface area (Å²) in [4.78, 5) is 11.7. The smallest absolute Gasteiger partial charge is 0.250 e. The predicted molar refractivity (Wildman–Crippen MR) is 72.0 cm³/mol. The SMILES string of the molecule is COc1ccccc1C(Cn1ccccc1=O)=NO. The van der Waals surface area contributed by atoms with Gasteiger partial charge < -0.3 is 14.5 Å². The van der Waals surface area contributed by atoms with Crippen LogP contribution in [0.25, 0.3) is 0 Å². The first-order valence-corrected chi connectivity index (χ1v) is 5.76. The standard InChI is InChI=1S/C14H14N2O3/c1-19-13-7-3-2-6-11(13)12(15-18)10-16-9-5-4-8-14(16)17/h2-9,18H,10H2,1H3. The molecule has 1 aromatic carbocycles. The monoisotopic (exact) mass is 258 g/mol. The molecule has 1 N–H and O–H groups in total. The quantitative estimate of drug-likeness (QED) is 0.516. The van der Waals surface area contributed by atoms with Crippen LogP contribution in [0.1, 0.15) is 5.56 Å². The number of aromatic nitrogens is 1. The van der Waals surface area contributed by atoms with Crippen LogP contribution < -0.4 is 10.3 Å². The average Bonchev–Trinajstić information content (AvgIpc) is 2.46. The van der Waals surface area contributed by atoms with Crippen molar-refractivity contribution in [3.05, 3.63) is 64.6 Å². The normalized spacial score (nSPS) is 11.3. The van der Waals surface area contributed by atoms with Gasteiger partial charge in [-0.25, -0.2) is 0 Å². The third-order valence-electron chi connectivity index (χ3n) is 2.76. The Bertz CT molecular complexity index is 647. The first kappa shape index (κ1) is 12.9. The molecule has 0 bridgehead atoms. The van der Waals surface area contributed by atoms with Gasteiger partial charge >= 0.3 is 0 Å². The molecule has 2 aromatic rings. The second-order valence-electron chi connectivity index (χ2n) is 3.91. The molecule has 0 atom stereocenters. The molecule has 0 aliphatic heterocycles. The third kappa shape index (κ3) is 2.82. The van der Waals surface area contributed by atoms with Gasteiger partial charge in [0.25, 0.3) is 5.56 Å². The van der Waals surface area contributed by atoms with E-state index in [-0.39, 0.29) is 12.1 Å². The van der Waals surface area contributed by atoms with Crippen LogP contribution in [0.3, 0.4) is 0 Å². The molecule has 0 unspecified atom stereocenters. The molecule has 5 heteroatoms. The Hall–Kier alpha value is -2.56. The van der Waals surface area contributed by atoms with E-state index in [9.17, 15) is 4.79 Å². The number of nitrogens with zero attached hydrogens (tertiary/aromatic N) is 2. The maximum Gasteiger partial charge on any atom is 0.250 e. The van der Waals surface area contributed by atoms with Crippen molar-refractivity contribution in [3.8, 4) is 5.75 Å². The van der Waals surface area contributed by atoms with Gasteiger partial charge in [0.15, 0.2) is 0 Å². The molecule has 1 aromatic heterocycles. The summed E-state index contributed by atoms with van der Waals surface area (Å²) >= 11 is 0. The fourth-order valence-electron chi connectivity index (χ4n) is 1.81. The molecule has 2 rings (SSSR count). The number of oxime groups is 1. The molecule has 0 radical (unpaired) electrons. The Morgan fingerprint density at radius 2 is 2.00 bits per heavy atom. The Balaban J connectivity index is 2.37. The summed E-state index contributed by atoms with van der Waals surface area (Å²) < 4.78 is 6.68. The highest BCUT2D eigenvalue weighted by atomic mass is 16.5. The van der Waals surface area contributed by atoms with Crippen LogP contribution in [-0.4, -0.2) is 22.6 Å². The van der Waals surface area contributed by atoms with Gasteiger partial charge in [0.1, 0.15) is 11.5 Å². The van der Waals surface area contributed by atoms with Crippen LogP contribution in [0, 0.1) is 0 Å². The van der Waals surface area contributed by atoms with E-state index < -0.39 is 0 Å². The molecular weight excluding hydrogens is 244 g/mol. The van der Waals surface area contributed by atoms with Gasteiger partial charge in [-0.1, -0.05) is 23.4 Å². The Morgan fingerprint density at radius 1 is 1.26 bits per heavy atom. The number of rotatable bonds is 4. The van der Waals surface area contributed by atoms with Crippen molar-refractivity contribution in [2.45, 2.75) is 6.54 Å². The highest BCUT2D eigenvalue weighted by Crippen LogP contribution is 2.18. The lowest BCUT2D eigenvalue weighted by atomic mass is 10.1. The van der Waals surface area contributed by atoms with Gasteiger partial charge in [-0.3, -0.25) is 4.79 Å². The second kappa shape index (κ2) is 5.86. The Kier molecular flexibility index (Phi) is 3.97. The molecule has 0 aliphatic carbocycles. The van der Waals surface area contributed by atoms with E-state index in [0.717, 1.165) is 0 Å². The first-order valence-electron chi connectivity index (χ1n) is 5.76. The van der Waals surface area contributed by atoms with Crippen LogP contribution in [0.4, 0.5) is 0 Å². The third-order valence-corrected chi connectivity index (χ3v) is 2.76. The van der Waals surface area contributed by atoms with Crippen molar-refractivity contribution in [2.24, 2.45) is 5.16 Å². The Labute approximate surface area is 110 Å². The van der Waals surface area contributed by atoms with Crippen molar-refractivity contribution < 1.29 is 9.94 Å². The van der Waals surface area contributed by atoms with E-state index >= 15 is 0 Å². The summed E-state index contributed by atoms with van der Waals surface area (Å²) in [5.74, 6) is 0.597. The summed E-state index contributed by atoms with van der Waals surface area (Å²) in [5.41, 5.74) is 0.868. The predicted octanol–water partition coefficient (Wildman–Crippen LogP) is 1.74. The number of pyridine rings is 1. The molecule has 0 spiro atoms. The van der Waals surface area contributed by atoms with Crippen LogP contribution in [0.5, 0.6) is 5.75 Å². The van der Waals surface area contributed by atoms with Crippen molar-refractivity contribution in [3.63, 3.8) is 0 Å². The minimum Gasteiger partial charge on any atom is -0.496 e. The van der Waals surface area contributed by atoms with Crippen LogP contribution >= 0.6 is 0 Å². The maximum atomic E-state index is 11.7. The molecule has 19 heavy (non-hydrogen) atoms. The van der Waals surface area contributed by atoms with Gasteiger partial charge in [-0.05, 0) is 18.2 Å². The van der Waals surface area contributed by atoms with Gasteiger partial charge in [0.05, 0.1) is 13.7 Å². The fraction of sp³-hybridized carbons (Fsp3) is 0.143. The zero-order valence-electron chi connectivity index (χ0n) is 10.5. The molecule has 0 fully saturated rings. The number of methoxy groups -OCH3 is 1. The van der Waals surface area contributed by atoms with Crippen molar-refractivity contribution >= 4 is 5.71 Å². The van der Waals surface area contributed by atoms with Crippen molar-refractivity contribution in [1.82, 2.24) is 4.57 Å². The van der Waals surface area contributed by atoms with Crippen molar-refractivity contribution in [2.75, 3.05) is 7.11 Å². The van der Waals surface area contributed by atoms with Crippen LogP contribution in [0.15, 0.2) is 58.6 Å². The lowest BCUT2D eigenvalue weighted by molar-refractivity contribution is 0.317. The minimum atomic E-state index is -0.154. The van der Waals surface area contributed by atoms with Gasteiger partial charge in [-0.2, -0.15) is 0 Å². The molecule has 0 amide bonds. The lowest BCUT2D eigenvalue weighted by Crippen LogP contribution is -2.23. The lowest BCUT2D eigenvalue weighted by Gasteiger charge is -2.11. The topological polar surface area (TPSA) is 63.8 Å². The minimum absolute atomic E-state index is 0.154. The summed E-state index contributed by atoms with van der Waals surface area (Å²) in [6, 6.07) is 12.1. The summed E-state index contributed by atoms with van der Waals surface area (Å²) in [7, 11) is 1.54. The van der Waals surface area contributed by atoms with Gasteiger partial charge in [0.2, 0.25) is 0 Å². The molecule has 98 valence electrons. The zero-order valence-corrected chi connectivity index (χ0v) is 10.5. The van der Waals surface area contributed by atoms with Crippen LogP contribution in [0.2, 0.25) is 0 Å². The van der Waals surface area contributed by atoms with E-state index in [1.54, 1.807) is 37.6 Å². The molecule has 0 saturated carbocycles. The molecule has 1 heterocycles. The highest BCUT2D eigenvalue weighted by Gasteiger charge is 2.11. The maximum absolute atomic E-state index is 11.7. The van der Waals surface area contributed by atoms with E-state index in [2.05, 4.69) is 5.16 Å². The second-order valence-corrected chi connectivity index (χ2v) is 3.91. The molecule has 0 aliphatic rings. The van der Waals surface area contributed by atoms with E-state index in [4.69, 9.17) is 9.94 Å². The average molecular weight is 258 g/mol. The fourth-order valence-corrected chi connectivity index (χ4v) is 1.81. The zero-order chi connectivity index (χ0) is 13.7. The number of para-hydroxylation sites is 1. The molecular formula is C14H14N2O3. The number of ether oxygens (including phenoxy) is 1. The summed E-state index contributed by atoms with van der Waals surface area (Å²) in [5, 5.41) is 12.4. The Morgan fingerprint density at radius 3 is 2.68 bits per heavy atom. The summed E-state index contributed by atoms with van der Waals surface area (Å²) in [6.45, 7) is 0.177. The van der Waals surface area contributed by atoms with Crippen molar-refractivity contribution in [1.29, 1.82) is 0 Å². The van der Waals surface area contributed by atoms with E-state index in [1.165, 1.54) is 10.6 Å². The highest BCUT2D eigenvalue weighted by molar-refractivity contribution is 6.02. The molecule has 0 saturated heterocycles. The number of hydrogen-bond acceptors (Lipinski definition) is 4. The van der Waals surface area contributed by atoms with E-state index in [0.29, 0.717) is 17.0 Å². The number of hydrogen-bond donors (Lipinski definition) is 1. The van der Waals surface area contributed by atoms with Crippen LogP contribution in [-0.2, 0) is 6.54 Å². The van der Waals surface area contributed by atoms with Gasteiger partial charge in [0, 0.05) is 17.8 Å². The van der Waals surface area contributed by atoms with E-state index in [1.807, 2.05) is 12.1 Å². The molecule has 5 nitrogen and oxygen atoms in total. The first-order chi connectivity index (χ1) is 9.26. The van der Waals surface area contributed by atoms with Gasteiger partial charge in [-0.15, -0.1) is 0 Å². The number of benzene rings is 1. The largest absolute Gasteiger partial charge is 0.496 e. The summed E-state index contributed by atoms with van der Waals surface area (Å²) in [6.07, 6.45) is 1.64.